The summed E-state index contributed by atoms with van der Waals surface area (Å²) in [7, 11) is -3.66. The molecular formula is C25H26N2O4S. The standard InChI is InChI=1S/C25H26N2O4S/c1-16-4-11-21(12-5-16)32(30,31)27-20-9-6-17(7-10-20)23-25(2,3)15-19-14-18(24(28)29)8-13-22(19)26-23/h4-14,23,26-27H,15H2,1-3H3,(H,28,29). The maximum absolute atomic E-state index is 12.7. The summed E-state index contributed by atoms with van der Waals surface area (Å²) >= 11 is 0. The van der Waals surface area contributed by atoms with Crippen molar-refractivity contribution < 1.29 is 18.3 Å². The van der Waals surface area contributed by atoms with Gasteiger partial charge in [-0.05, 0) is 72.4 Å². The number of hydrogen-bond donors (Lipinski definition) is 3. The van der Waals surface area contributed by atoms with Crippen molar-refractivity contribution in [2.75, 3.05) is 10.0 Å². The first-order valence-electron chi connectivity index (χ1n) is 10.4. The molecule has 1 aliphatic heterocycles. The Morgan fingerprint density at radius 1 is 1.03 bits per heavy atom. The number of rotatable bonds is 5. The number of carboxylic acids is 1. The zero-order valence-electron chi connectivity index (χ0n) is 18.2. The lowest BCUT2D eigenvalue weighted by molar-refractivity contribution is 0.0696. The van der Waals surface area contributed by atoms with Crippen molar-refractivity contribution in [3.63, 3.8) is 0 Å². The lowest BCUT2D eigenvalue weighted by atomic mass is 9.73. The summed E-state index contributed by atoms with van der Waals surface area (Å²) in [5, 5.41) is 12.8. The van der Waals surface area contributed by atoms with Gasteiger partial charge in [-0.15, -0.1) is 0 Å². The maximum Gasteiger partial charge on any atom is 0.335 e. The fourth-order valence-corrected chi connectivity index (χ4v) is 5.23. The number of benzene rings is 3. The third-order valence-corrected chi connectivity index (χ3v) is 7.30. The van der Waals surface area contributed by atoms with Crippen LogP contribution in [0.5, 0.6) is 0 Å². The minimum atomic E-state index is -3.66. The van der Waals surface area contributed by atoms with Gasteiger partial charge in [-0.3, -0.25) is 4.72 Å². The Labute approximate surface area is 188 Å². The first kappa shape index (κ1) is 21.9. The van der Waals surface area contributed by atoms with Crippen LogP contribution in [0.4, 0.5) is 11.4 Å². The summed E-state index contributed by atoms with van der Waals surface area (Å²) in [6, 6.07) is 19.2. The Balaban J connectivity index is 1.56. The van der Waals surface area contributed by atoms with Crippen LogP contribution in [0.25, 0.3) is 0 Å². The zero-order chi connectivity index (χ0) is 23.1. The van der Waals surface area contributed by atoms with E-state index in [1.807, 2.05) is 25.1 Å². The number of hydrogen-bond acceptors (Lipinski definition) is 4. The molecule has 3 N–H and O–H groups in total. The molecule has 7 heteroatoms. The molecule has 0 aliphatic carbocycles. The Morgan fingerprint density at radius 3 is 2.31 bits per heavy atom. The first-order chi connectivity index (χ1) is 15.0. The van der Waals surface area contributed by atoms with Crippen LogP contribution in [0.1, 0.15) is 46.9 Å². The second-order valence-corrected chi connectivity index (χ2v) is 10.6. The van der Waals surface area contributed by atoms with Crippen LogP contribution in [0.2, 0.25) is 0 Å². The molecule has 1 heterocycles. The van der Waals surface area contributed by atoms with E-state index in [0.29, 0.717) is 5.69 Å². The van der Waals surface area contributed by atoms with Crippen molar-refractivity contribution in [3.05, 3.63) is 89.0 Å². The Kier molecular flexibility index (Phi) is 5.46. The summed E-state index contributed by atoms with van der Waals surface area (Å²) in [5.41, 5.74) is 4.53. The van der Waals surface area contributed by atoms with Gasteiger partial charge < -0.3 is 10.4 Å². The molecule has 0 aromatic heterocycles. The second-order valence-electron chi connectivity index (χ2n) is 8.96. The Morgan fingerprint density at radius 2 is 1.69 bits per heavy atom. The molecule has 0 saturated carbocycles. The molecule has 1 atom stereocenters. The summed E-state index contributed by atoms with van der Waals surface area (Å²) in [4.78, 5) is 11.5. The highest BCUT2D eigenvalue weighted by Crippen LogP contribution is 2.45. The van der Waals surface area contributed by atoms with E-state index in [-0.39, 0.29) is 21.9 Å². The SMILES string of the molecule is Cc1ccc(S(=O)(=O)Nc2ccc(C3Nc4ccc(C(=O)O)cc4CC3(C)C)cc2)cc1. The highest BCUT2D eigenvalue weighted by molar-refractivity contribution is 7.92. The van der Waals surface area contributed by atoms with Gasteiger partial charge in [0, 0.05) is 11.4 Å². The smallest absolute Gasteiger partial charge is 0.335 e. The van der Waals surface area contributed by atoms with Gasteiger partial charge >= 0.3 is 5.97 Å². The average molecular weight is 451 g/mol. The molecule has 166 valence electrons. The van der Waals surface area contributed by atoms with E-state index in [1.54, 1.807) is 48.5 Å². The molecule has 4 rings (SSSR count). The number of carboxylic acid groups (broad SMARTS) is 1. The molecule has 0 spiro atoms. The summed E-state index contributed by atoms with van der Waals surface area (Å²) in [6.45, 7) is 6.18. The summed E-state index contributed by atoms with van der Waals surface area (Å²) in [5.74, 6) is -0.934. The van der Waals surface area contributed by atoms with Crippen LogP contribution in [-0.2, 0) is 16.4 Å². The monoisotopic (exact) mass is 450 g/mol. The van der Waals surface area contributed by atoms with E-state index < -0.39 is 16.0 Å². The second kappa shape index (κ2) is 7.98. The highest BCUT2D eigenvalue weighted by Gasteiger charge is 2.36. The lowest BCUT2D eigenvalue weighted by Crippen LogP contribution is -2.35. The van der Waals surface area contributed by atoms with E-state index >= 15 is 0 Å². The van der Waals surface area contributed by atoms with E-state index in [1.165, 1.54) is 0 Å². The molecule has 0 fully saturated rings. The van der Waals surface area contributed by atoms with Crippen LogP contribution in [0, 0.1) is 12.3 Å². The van der Waals surface area contributed by atoms with Crippen molar-refractivity contribution in [2.24, 2.45) is 5.41 Å². The van der Waals surface area contributed by atoms with Crippen LogP contribution >= 0.6 is 0 Å². The number of anilines is 2. The van der Waals surface area contributed by atoms with Crippen LogP contribution in [0.15, 0.2) is 71.6 Å². The van der Waals surface area contributed by atoms with Crippen LogP contribution in [-0.4, -0.2) is 19.5 Å². The molecule has 0 bridgehead atoms. The Hall–Kier alpha value is -3.32. The van der Waals surface area contributed by atoms with E-state index in [9.17, 15) is 18.3 Å². The van der Waals surface area contributed by atoms with Gasteiger partial charge in [0.1, 0.15) is 0 Å². The normalized spacial score (nSPS) is 17.2. The molecule has 1 unspecified atom stereocenters. The molecular weight excluding hydrogens is 424 g/mol. The fraction of sp³-hybridized carbons (Fsp3) is 0.240. The number of nitrogens with one attached hydrogen (secondary N) is 2. The quantitative estimate of drug-likeness (QED) is 0.495. The largest absolute Gasteiger partial charge is 0.478 e. The first-order valence-corrected chi connectivity index (χ1v) is 11.9. The van der Waals surface area contributed by atoms with Gasteiger partial charge in [0.15, 0.2) is 0 Å². The lowest BCUT2D eigenvalue weighted by Gasteiger charge is -2.41. The zero-order valence-corrected chi connectivity index (χ0v) is 19.0. The average Bonchev–Trinajstić information content (AvgIpc) is 2.73. The van der Waals surface area contributed by atoms with Crippen molar-refractivity contribution in [2.45, 2.75) is 38.1 Å². The number of fused-ring (bicyclic) bond motifs is 1. The van der Waals surface area contributed by atoms with Gasteiger partial charge in [0.2, 0.25) is 0 Å². The predicted octanol–water partition coefficient (Wildman–Crippen LogP) is 5.23. The Bertz CT molecular complexity index is 1260. The van der Waals surface area contributed by atoms with Crippen LogP contribution in [0.3, 0.4) is 0 Å². The van der Waals surface area contributed by atoms with Gasteiger partial charge in [0.05, 0.1) is 16.5 Å². The molecule has 6 nitrogen and oxygen atoms in total. The van der Waals surface area contributed by atoms with Gasteiger partial charge in [-0.1, -0.05) is 43.7 Å². The molecule has 32 heavy (non-hydrogen) atoms. The molecule has 1 aliphatic rings. The minimum Gasteiger partial charge on any atom is -0.478 e. The number of aryl methyl sites for hydroxylation is 1. The predicted molar refractivity (Wildman–Crippen MR) is 126 cm³/mol. The minimum absolute atomic E-state index is 0.00608. The highest BCUT2D eigenvalue weighted by atomic mass is 32.2. The summed E-state index contributed by atoms with van der Waals surface area (Å²) in [6.07, 6.45) is 0.725. The third kappa shape index (κ3) is 4.34. The molecule has 3 aromatic rings. The maximum atomic E-state index is 12.7. The van der Waals surface area contributed by atoms with E-state index in [0.717, 1.165) is 28.8 Å². The number of aromatic carboxylic acids is 1. The van der Waals surface area contributed by atoms with Gasteiger partial charge in [-0.2, -0.15) is 0 Å². The summed E-state index contributed by atoms with van der Waals surface area (Å²) < 4.78 is 27.9. The van der Waals surface area contributed by atoms with E-state index in [2.05, 4.69) is 23.9 Å². The topological polar surface area (TPSA) is 95.5 Å². The van der Waals surface area contributed by atoms with Crippen molar-refractivity contribution in [1.82, 2.24) is 0 Å². The van der Waals surface area contributed by atoms with Gasteiger partial charge in [0.25, 0.3) is 10.0 Å². The van der Waals surface area contributed by atoms with Gasteiger partial charge in [-0.25, -0.2) is 13.2 Å². The van der Waals surface area contributed by atoms with Crippen molar-refractivity contribution in [1.29, 1.82) is 0 Å². The van der Waals surface area contributed by atoms with Crippen molar-refractivity contribution in [3.8, 4) is 0 Å². The van der Waals surface area contributed by atoms with E-state index in [4.69, 9.17) is 0 Å². The van der Waals surface area contributed by atoms with Crippen molar-refractivity contribution >= 4 is 27.4 Å². The molecule has 0 saturated heterocycles. The molecule has 3 aromatic carbocycles. The number of sulfonamides is 1. The van der Waals surface area contributed by atoms with Crippen LogP contribution < -0.4 is 10.0 Å². The molecule has 0 radical (unpaired) electrons. The number of carbonyl (C=O) groups is 1. The molecule has 0 amide bonds. The fourth-order valence-electron chi connectivity index (χ4n) is 4.17. The third-order valence-electron chi connectivity index (χ3n) is 5.91.